The largest absolute Gasteiger partial charge is 0.490 e. The zero-order valence-electron chi connectivity index (χ0n) is 12.9. The van der Waals surface area contributed by atoms with Gasteiger partial charge in [-0.1, -0.05) is 12.1 Å². The molecule has 0 atom stereocenters. The fraction of sp³-hybridized carbons (Fsp3) is 0.263. The highest BCUT2D eigenvalue weighted by molar-refractivity contribution is 6.01. The van der Waals surface area contributed by atoms with Gasteiger partial charge in [-0.3, -0.25) is 9.78 Å². The monoisotopic (exact) mass is 308 g/mol. The van der Waals surface area contributed by atoms with E-state index in [-0.39, 0.29) is 5.91 Å². The first-order chi connectivity index (χ1) is 11.3. The zero-order chi connectivity index (χ0) is 15.9. The van der Waals surface area contributed by atoms with E-state index in [1.807, 2.05) is 36.4 Å². The predicted molar refractivity (Wildman–Crippen MR) is 91.2 cm³/mol. The number of amides is 1. The van der Waals surface area contributed by atoms with E-state index in [1.54, 1.807) is 18.5 Å². The van der Waals surface area contributed by atoms with Crippen LogP contribution in [0.2, 0.25) is 0 Å². The summed E-state index contributed by atoms with van der Waals surface area (Å²) in [7, 11) is 0. The van der Waals surface area contributed by atoms with E-state index >= 15 is 0 Å². The lowest BCUT2D eigenvalue weighted by Crippen LogP contribution is -2.11. The van der Waals surface area contributed by atoms with Crippen molar-refractivity contribution in [3.8, 4) is 5.75 Å². The molecule has 1 aromatic carbocycles. The number of aromatic nitrogens is 1. The first-order valence-corrected chi connectivity index (χ1v) is 7.95. The molecule has 1 N–H and O–H groups in total. The minimum Gasteiger partial charge on any atom is -0.490 e. The third-order valence-corrected chi connectivity index (χ3v) is 3.82. The van der Waals surface area contributed by atoms with Crippen molar-refractivity contribution < 1.29 is 9.53 Å². The fourth-order valence-corrected chi connectivity index (χ4v) is 2.68. The molecular formula is C19H20N2O2. The third kappa shape index (κ3) is 4.68. The average molecular weight is 308 g/mol. The number of carbonyl (C=O) groups excluding carboxylic acids is 1. The summed E-state index contributed by atoms with van der Waals surface area (Å²) in [5, 5.41) is 2.85. The second kappa shape index (κ2) is 7.58. The number of nitrogens with one attached hydrogen (secondary N) is 1. The number of pyridine rings is 1. The van der Waals surface area contributed by atoms with Crippen LogP contribution in [0.15, 0.2) is 54.9 Å². The second-order valence-electron chi connectivity index (χ2n) is 5.66. The van der Waals surface area contributed by atoms with Gasteiger partial charge in [0.2, 0.25) is 5.91 Å². The smallest absolute Gasteiger partial charge is 0.248 e. The number of nitrogens with zero attached hydrogens (tertiary/aromatic N) is 1. The maximum Gasteiger partial charge on any atom is 0.248 e. The van der Waals surface area contributed by atoms with Gasteiger partial charge in [0.15, 0.2) is 0 Å². The Morgan fingerprint density at radius 3 is 2.87 bits per heavy atom. The van der Waals surface area contributed by atoms with Crippen molar-refractivity contribution in [2.45, 2.75) is 31.8 Å². The lowest BCUT2D eigenvalue weighted by atomic mass is 10.2. The molecule has 1 aromatic heterocycles. The van der Waals surface area contributed by atoms with Gasteiger partial charge in [0.1, 0.15) is 5.75 Å². The number of hydrogen-bond acceptors (Lipinski definition) is 3. The van der Waals surface area contributed by atoms with Crippen molar-refractivity contribution in [1.82, 2.24) is 4.98 Å². The third-order valence-electron chi connectivity index (χ3n) is 3.82. The van der Waals surface area contributed by atoms with Gasteiger partial charge in [0.05, 0.1) is 6.10 Å². The van der Waals surface area contributed by atoms with Crippen molar-refractivity contribution in [1.29, 1.82) is 0 Å². The summed E-state index contributed by atoms with van der Waals surface area (Å²) in [4.78, 5) is 16.0. The molecule has 0 saturated heterocycles. The summed E-state index contributed by atoms with van der Waals surface area (Å²) in [6.07, 6.45) is 11.7. The predicted octanol–water partition coefficient (Wildman–Crippen LogP) is 4.05. The first-order valence-electron chi connectivity index (χ1n) is 7.95. The number of benzene rings is 1. The highest BCUT2D eigenvalue weighted by atomic mass is 16.5. The Bertz CT molecular complexity index is 677. The summed E-state index contributed by atoms with van der Waals surface area (Å²) < 4.78 is 5.95. The summed E-state index contributed by atoms with van der Waals surface area (Å²) in [6.45, 7) is 0. The number of rotatable bonds is 5. The van der Waals surface area contributed by atoms with Gasteiger partial charge < -0.3 is 10.1 Å². The molecule has 0 unspecified atom stereocenters. The number of carbonyl (C=O) groups is 1. The molecule has 0 spiro atoms. The lowest BCUT2D eigenvalue weighted by Gasteiger charge is -2.13. The molecule has 23 heavy (non-hydrogen) atoms. The Morgan fingerprint density at radius 1 is 1.22 bits per heavy atom. The van der Waals surface area contributed by atoms with Crippen LogP contribution in [0.4, 0.5) is 5.69 Å². The standard InChI is InChI=1S/C19H20N2O2/c22-19(11-10-15-5-4-12-20-14-15)21-16-6-3-9-18(13-16)23-17-7-1-2-8-17/h3-6,9-14,17H,1-2,7-8H2,(H,21,22). The minimum atomic E-state index is -0.174. The van der Waals surface area contributed by atoms with Crippen LogP contribution in [0, 0.1) is 0 Å². The zero-order valence-corrected chi connectivity index (χ0v) is 12.9. The maximum atomic E-state index is 12.0. The highest BCUT2D eigenvalue weighted by Gasteiger charge is 2.16. The van der Waals surface area contributed by atoms with Crippen LogP contribution in [0.25, 0.3) is 6.08 Å². The molecule has 2 aromatic rings. The summed E-state index contributed by atoms with van der Waals surface area (Å²) >= 11 is 0. The van der Waals surface area contributed by atoms with E-state index in [4.69, 9.17) is 4.74 Å². The van der Waals surface area contributed by atoms with Crippen LogP contribution in [0.3, 0.4) is 0 Å². The molecule has 3 rings (SSSR count). The highest BCUT2D eigenvalue weighted by Crippen LogP contribution is 2.25. The molecule has 4 heteroatoms. The molecule has 1 amide bonds. The van der Waals surface area contributed by atoms with Gasteiger partial charge in [-0.15, -0.1) is 0 Å². The van der Waals surface area contributed by atoms with Crippen LogP contribution in [0.1, 0.15) is 31.2 Å². The fourth-order valence-electron chi connectivity index (χ4n) is 2.68. The van der Waals surface area contributed by atoms with Crippen molar-refractivity contribution in [3.63, 3.8) is 0 Å². The Hall–Kier alpha value is -2.62. The Labute approximate surface area is 136 Å². The molecule has 1 aliphatic rings. The number of ether oxygens (including phenoxy) is 1. The second-order valence-corrected chi connectivity index (χ2v) is 5.66. The molecular weight excluding hydrogens is 288 g/mol. The Kier molecular flexibility index (Phi) is 5.04. The molecule has 1 aliphatic carbocycles. The molecule has 0 radical (unpaired) electrons. The maximum absolute atomic E-state index is 12.0. The molecule has 4 nitrogen and oxygen atoms in total. The van der Waals surface area contributed by atoms with Crippen molar-refractivity contribution >= 4 is 17.7 Å². The SMILES string of the molecule is O=C(C=Cc1cccnc1)Nc1cccc(OC2CCCC2)c1. The molecule has 0 bridgehead atoms. The normalized spacial score (nSPS) is 15.0. The average Bonchev–Trinajstić information content (AvgIpc) is 3.07. The van der Waals surface area contributed by atoms with Crippen LogP contribution in [-0.4, -0.2) is 17.0 Å². The van der Waals surface area contributed by atoms with Crippen LogP contribution in [-0.2, 0) is 4.79 Å². The summed E-state index contributed by atoms with van der Waals surface area (Å²) in [5.74, 6) is 0.637. The molecule has 1 fully saturated rings. The van der Waals surface area contributed by atoms with Gasteiger partial charge in [0, 0.05) is 30.2 Å². The summed E-state index contributed by atoms with van der Waals surface area (Å²) in [6, 6.07) is 11.3. The van der Waals surface area contributed by atoms with Gasteiger partial charge in [-0.05, 0) is 55.5 Å². The van der Waals surface area contributed by atoms with E-state index in [1.165, 1.54) is 18.9 Å². The Morgan fingerprint density at radius 2 is 2.09 bits per heavy atom. The van der Waals surface area contributed by atoms with Crippen molar-refractivity contribution in [3.05, 3.63) is 60.4 Å². The van der Waals surface area contributed by atoms with Gasteiger partial charge in [-0.2, -0.15) is 0 Å². The Balaban J connectivity index is 1.58. The van der Waals surface area contributed by atoms with E-state index in [9.17, 15) is 4.79 Å². The van der Waals surface area contributed by atoms with Crippen LogP contribution < -0.4 is 10.1 Å². The van der Waals surface area contributed by atoms with Crippen LogP contribution >= 0.6 is 0 Å². The van der Waals surface area contributed by atoms with Crippen LogP contribution in [0.5, 0.6) is 5.75 Å². The quantitative estimate of drug-likeness (QED) is 0.848. The molecule has 1 saturated carbocycles. The first kappa shape index (κ1) is 15.3. The van der Waals surface area contributed by atoms with E-state index in [0.29, 0.717) is 6.10 Å². The number of anilines is 1. The van der Waals surface area contributed by atoms with Crippen molar-refractivity contribution in [2.75, 3.05) is 5.32 Å². The topological polar surface area (TPSA) is 51.2 Å². The molecule has 0 aliphatic heterocycles. The lowest BCUT2D eigenvalue weighted by molar-refractivity contribution is -0.111. The van der Waals surface area contributed by atoms with Gasteiger partial charge in [0.25, 0.3) is 0 Å². The molecule has 118 valence electrons. The minimum absolute atomic E-state index is 0.174. The van der Waals surface area contributed by atoms with Gasteiger partial charge >= 0.3 is 0 Å². The van der Waals surface area contributed by atoms with Gasteiger partial charge in [-0.25, -0.2) is 0 Å². The van der Waals surface area contributed by atoms with E-state index in [2.05, 4.69) is 10.3 Å². The van der Waals surface area contributed by atoms with Crippen molar-refractivity contribution in [2.24, 2.45) is 0 Å². The van der Waals surface area contributed by atoms with E-state index in [0.717, 1.165) is 29.8 Å². The number of hydrogen-bond donors (Lipinski definition) is 1. The molecule has 1 heterocycles. The van der Waals surface area contributed by atoms with E-state index < -0.39 is 0 Å². The summed E-state index contributed by atoms with van der Waals surface area (Å²) in [5.41, 5.74) is 1.63.